The Morgan fingerprint density at radius 3 is 2.53 bits per heavy atom. The minimum Gasteiger partial charge on any atom is -0.390 e. The molecule has 2 heterocycles. The van der Waals surface area contributed by atoms with Crippen molar-refractivity contribution >= 4 is 22.4 Å². The highest BCUT2D eigenvalue weighted by molar-refractivity contribution is 5.89. The van der Waals surface area contributed by atoms with Gasteiger partial charge >= 0.3 is 0 Å². The third-order valence-corrected chi connectivity index (χ3v) is 5.71. The molecule has 7 nitrogen and oxygen atoms in total. The molecule has 0 amide bonds. The van der Waals surface area contributed by atoms with Crippen molar-refractivity contribution in [2.75, 3.05) is 42.7 Å². The van der Waals surface area contributed by atoms with Gasteiger partial charge in [0.1, 0.15) is 12.1 Å². The lowest BCUT2D eigenvalue weighted by Crippen LogP contribution is -2.46. The van der Waals surface area contributed by atoms with E-state index in [1.54, 1.807) is 6.33 Å². The first kappa shape index (κ1) is 20.5. The fourth-order valence-electron chi connectivity index (χ4n) is 4.23. The molecule has 2 unspecified atom stereocenters. The molecular weight excluding hydrogens is 378 g/mol. The Hall–Kier alpha value is -2.74. The van der Waals surface area contributed by atoms with Crippen LogP contribution in [0.2, 0.25) is 0 Å². The molecule has 0 radical (unpaired) electrons. The number of rotatable bonds is 8. The minimum atomic E-state index is -0.478. The Morgan fingerprint density at radius 2 is 1.73 bits per heavy atom. The molecule has 0 saturated carbocycles. The van der Waals surface area contributed by atoms with E-state index in [1.165, 1.54) is 5.06 Å². The number of benzene rings is 2. The Morgan fingerprint density at radius 1 is 0.967 bits per heavy atom. The smallest absolute Gasteiger partial charge is 0.140 e. The number of para-hydroxylation sites is 2. The number of β-amino-alcohol motifs (C(OH)–C–C–N with tert-alkyl or cyclic N) is 1. The summed E-state index contributed by atoms with van der Waals surface area (Å²) >= 11 is 0. The van der Waals surface area contributed by atoms with Crippen molar-refractivity contribution in [1.29, 1.82) is 0 Å². The molecule has 2 atom stereocenters. The number of hydrogen-bond donors (Lipinski definition) is 2. The first-order chi connectivity index (χ1) is 14.7. The van der Waals surface area contributed by atoms with Gasteiger partial charge in [-0.25, -0.2) is 9.97 Å². The largest absolute Gasteiger partial charge is 0.390 e. The van der Waals surface area contributed by atoms with E-state index in [2.05, 4.69) is 26.7 Å². The summed E-state index contributed by atoms with van der Waals surface area (Å²) in [4.78, 5) is 13.3. The van der Waals surface area contributed by atoms with Gasteiger partial charge in [0.05, 0.1) is 29.9 Å². The summed E-state index contributed by atoms with van der Waals surface area (Å²) in [6, 6.07) is 17.5. The predicted octanol–water partition coefficient (Wildman–Crippen LogP) is 2.79. The van der Waals surface area contributed by atoms with Gasteiger partial charge in [0.15, 0.2) is 0 Å². The fraction of sp³-hybridized carbons (Fsp3) is 0.391. The Kier molecular flexibility index (Phi) is 6.42. The van der Waals surface area contributed by atoms with Crippen LogP contribution >= 0.6 is 0 Å². The Bertz CT molecular complexity index is 949. The highest BCUT2D eigenvalue weighted by Crippen LogP contribution is 2.27. The molecule has 1 aliphatic rings. The van der Waals surface area contributed by atoms with Crippen LogP contribution in [0.5, 0.6) is 0 Å². The van der Waals surface area contributed by atoms with E-state index in [9.17, 15) is 10.3 Å². The molecule has 2 aromatic carbocycles. The molecule has 7 heteroatoms. The monoisotopic (exact) mass is 407 g/mol. The molecule has 30 heavy (non-hydrogen) atoms. The standard InChI is InChI=1S/C23H29N5O2/c1-2-12-26(13-14-28(30)18-8-4-3-5-9-18)21-15-27(16-22(21)29)23-19-10-6-7-11-20(19)24-17-25-23/h3-11,17,21-22,29-30H,2,12-16H2,1H3. The number of anilines is 2. The molecule has 1 saturated heterocycles. The van der Waals surface area contributed by atoms with Gasteiger partial charge in [-0.1, -0.05) is 37.3 Å². The fourth-order valence-corrected chi connectivity index (χ4v) is 4.23. The van der Waals surface area contributed by atoms with Crippen molar-refractivity contribution in [2.24, 2.45) is 0 Å². The third-order valence-electron chi connectivity index (χ3n) is 5.71. The molecule has 158 valence electrons. The molecule has 0 spiro atoms. The summed E-state index contributed by atoms with van der Waals surface area (Å²) in [5, 5.41) is 23.6. The summed E-state index contributed by atoms with van der Waals surface area (Å²) < 4.78 is 0. The van der Waals surface area contributed by atoms with Gasteiger partial charge < -0.3 is 10.0 Å². The zero-order valence-corrected chi connectivity index (χ0v) is 17.3. The minimum absolute atomic E-state index is 0.0112. The van der Waals surface area contributed by atoms with Crippen molar-refractivity contribution in [2.45, 2.75) is 25.5 Å². The highest BCUT2D eigenvalue weighted by Gasteiger charge is 2.36. The van der Waals surface area contributed by atoms with Gasteiger partial charge in [0, 0.05) is 25.0 Å². The van der Waals surface area contributed by atoms with Crippen LogP contribution in [-0.4, -0.2) is 70.1 Å². The second-order valence-electron chi connectivity index (χ2n) is 7.75. The Balaban J connectivity index is 1.47. The molecule has 1 fully saturated rings. The van der Waals surface area contributed by atoms with Gasteiger partial charge in [-0.05, 0) is 37.2 Å². The van der Waals surface area contributed by atoms with Crippen LogP contribution in [0.3, 0.4) is 0 Å². The molecule has 3 aromatic rings. The van der Waals surface area contributed by atoms with Gasteiger partial charge in [0.2, 0.25) is 0 Å². The van der Waals surface area contributed by atoms with Crippen LogP contribution < -0.4 is 9.96 Å². The maximum absolute atomic E-state index is 10.9. The molecule has 4 rings (SSSR count). The number of hydroxylamine groups is 1. The van der Waals surface area contributed by atoms with E-state index >= 15 is 0 Å². The molecule has 1 aliphatic heterocycles. The number of fused-ring (bicyclic) bond motifs is 1. The number of aromatic nitrogens is 2. The van der Waals surface area contributed by atoms with E-state index in [-0.39, 0.29) is 6.04 Å². The van der Waals surface area contributed by atoms with E-state index in [0.717, 1.165) is 35.4 Å². The van der Waals surface area contributed by atoms with Crippen LogP contribution in [0.15, 0.2) is 60.9 Å². The van der Waals surface area contributed by atoms with Gasteiger partial charge in [-0.3, -0.25) is 15.2 Å². The molecule has 0 bridgehead atoms. The van der Waals surface area contributed by atoms with E-state index in [4.69, 9.17) is 0 Å². The van der Waals surface area contributed by atoms with E-state index in [1.807, 2.05) is 54.6 Å². The average molecular weight is 408 g/mol. The van der Waals surface area contributed by atoms with Crippen molar-refractivity contribution in [3.05, 3.63) is 60.9 Å². The second kappa shape index (κ2) is 9.38. The van der Waals surface area contributed by atoms with Crippen LogP contribution in [-0.2, 0) is 0 Å². The summed E-state index contributed by atoms with van der Waals surface area (Å²) in [6.07, 6.45) is 2.09. The molecule has 0 aliphatic carbocycles. The van der Waals surface area contributed by atoms with Gasteiger partial charge in [0.25, 0.3) is 0 Å². The molecule has 2 N–H and O–H groups in total. The summed E-state index contributed by atoms with van der Waals surface area (Å²) in [5.74, 6) is 0.867. The van der Waals surface area contributed by atoms with Gasteiger partial charge in [-0.2, -0.15) is 0 Å². The van der Waals surface area contributed by atoms with Crippen LogP contribution in [0.1, 0.15) is 13.3 Å². The van der Waals surface area contributed by atoms with Crippen molar-refractivity contribution in [3.8, 4) is 0 Å². The van der Waals surface area contributed by atoms with Crippen molar-refractivity contribution < 1.29 is 10.3 Å². The molecule has 1 aromatic heterocycles. The molecular formula is C23H29N5O2. The van der Waals surface area contributed by atoms with Crippen LogP contribution in [0.25, 0.3) is 10.9 Å². The quantitative estimate of drug-likeness (QED) is 0.556. The first-order valence-corrected chi connectivity index (χ1v) is 10.6. The number of aliphatic hydroxyl groups is 1. The van der Waals surface area contributed by atoms with Gasteiger partial charge in [-0.15, -0.1) is 0 Å². The first-order valence-electron chi connectivity index (χ1n) is 10.6. The summed E-state index contributed by atoms with van der Waals surface area (Å²) in [5.41, 5.74) is 1.68. The zero-order chi connectivity index (χ0) is 20.9. The van der Waals surface area contributed by atoms with E-state index < -0.39 is 6.10 Å². The zero-order valence-electron chi connectivity index (χ0n) is 17.3. The number of nitrogens with zero attached hydrogens (tertiary/aromatic N) is 5. The van der Waals surface area contributed by atoms with E-state index in [0.29, 0.717) is 26.2 Å². The predicted molar refractivity (Wildman–Crippen MR) is 119 cm³/mol. The highest BCUT2D eigenvalue weighted by atomic mass is 16.5. The lowest BCUT2D eigenvalue weighted by Gasteiger charge is -2.31. The van der Waals surface area contributed by atoms with Crippen molar-refractivity contribution in [3.63, 3.8) is 0 Å². The third kappa shape index (κ3) is 4.38. The number of hydrogen-bond acceptors (Lipinski definition) is 7. The van der Waals surface area contributed by atoms with Crippen LogP contribution in [0.4, 0.5) is 11.5 Å². The van der Waals surface area contributed by atoms with Crippen LogP contribution in [0, 0.1) is 0 Å². The number of aliphatic hydroxyl groups excluding tert-OH is 1. The normalized spacial score (nSPS) is 19.0. The summed E-state index contributed by atoms with van der Waals surface area (Å²) in [6.45, 7) is 5.37. The summed E-state index contributed by atoms with van der Waals surface area (Å²) in [7, 11) is 0. The lowest BCUT2D eigenvalue weighted by atomic mass is 10.1. The lowest BCUT2D eigenvalue weighted by molar-refractivity contribution is 0.0798. The second-order valence-corrected chi connectivity index (χ2v) is 7.75. The maximum Gasteiger partial charge on any atom is 0.140 e. The van der Waals surface area contributed by atoms with Crippen molar-refractivity contribution in [1.82, 2.24) is 14.9 Å². The Labute approximate surface area is 177 Å². The maximum atomic E-state index is 10.9. The topological polar surface area (TPSA) is 76.0 Å². The SMILES string of the molecule is CCCN(CCN(O)c1ccccc1)C1CN(c2ncnc3ccccc23)CC1O. The average Bonchev–Trinajstić information content (AvgIpc) is 3.17.